The van der Waals surface area contributed by atoms with Crippen molar-refractivity contribution in [3.63, 3.8) is 0 Å². The number of nitrogens with one attached hydrogen (secondary N) is 1. The van der Waals surface area contributed by atoms with Crippen LogP contribution >= 0.6 is 11.6 Å². The van der Waals surface area contributed by atoms with Gasteiger partial charge in [-0.1, -0.05) is 36.7 Å². The molecule has 1 N–H and O–H groups in total. The first kappa shape index (κ1) is 10.6. The summed E-state index contributed by atoms with van der Waals surface area (Å²) in [5, 5.41) is 4.14. The monoisotopic (exact) mass is 197 g/mol. The zero-order chi connectivity index (χ0) is 9.84. The van der Waals surface area contributed by atoms with Crippen molar-refractivity contribution in [2.24, 2.45) is 0 Å². The Morgan fingerprint density at radius 3 is 2.69 bits per heavy atom. The minimum Gasteiger partial charge on any atom is -0.313 e. The van der Waals surface area contributed by atoms with Crippen molar-refractivity contribution >= 4 is 11.6 Å². The first-order chi connectivity index (χ1) is 6.20. The maximum absolute atomic E-state index is 6.21. The van der Waals surface area contributed by atoms with E-state index in [9.17, 15) is 0 Å². The molecule has 0 bridgehead atoms. The van der Waals surface area contributed by atoms with E-state index in [-0.39, 0.29) is 0 Å². The minimum atomic E-state index is 0.368. The molecule has 13 heavy (non-hydrogen) atoms. The second-order valence-electron chi connectivity index (χ2n) is 3.23. The smallest absolute Gasteiger partial charge is 0.0482 e. The number of rotatable bonds is 3. The maximum Gasteiger partial charge on any atom is 0.0482 e. The largest absolute Gasteiger partial charge is 0.313 e. The second-order valence-corrected chi connectivity index (χ2v) is 3.61. The fourth-order valence-electron chi connectivity index (χ4n) is 1.52. The molecule has 0 heterocycles. The Bertz CT molecular complexity index is 279. The molecule has 0 amide bonds. The van der Waals surface area contributed by atoms with Crippen LogP contribution in [0.2, 0.25) is 5.02 Å². The van der Waals surface area contributed by atoms with E-state index < -0.39 is 0 Å². The fraction of sp³-hybridized carbons (Fsp3) is 0.455. The summed E-state index contributed by atoms with van der Waals surface area (Å²) in [6.07, 6.45) is 1.06. The molecule has 1 aromatic rings. The van der Waals surface area contributed by atoms with Crippen LogP contribution in [0.1, 0.15) is 30.5 Å². The van der Waals surface area contributed by atoms with Crippen LogP contribution in [0.15, 0.2) is 18.2 Å². The van der Waals surface area contributed by atoms with Gasteiger partial charge in [0.15, 0.2) is 0 Å². The van der Waals surface area contributed by atoms with Gasteiger partial charge in [-0.3, -0.25) is 0 Å². The molecule has 0 fully saturated rings. The molecule has 1 aromatic carbocycles. The number of benzene rings is 1. The first-order valence-electron chi connectivity index (χ1n) is 4.63. The number of hydrogen-bond acceptors (Lipinski definition) is 1. The molecule has 72 valence electrons. The molecule has 0 spiro atoms. The lowest BCUT2D eigenvalue weighted by Crippen LogP contribution is -2.15. The van der Waals surface area contributed by atoms with Crippen molar-refractivity contribution in [2.75, 3.05) is 7.05 Å². The average Bonchev–Trinajstić information content (AvgIpc) is 2.14. The Morgan fingerprint density at radius 1 is 1.46 bits per heavy atom. The first-order valence-corrected chi connectivity index (χ1v) is 5.00. The zero-order valence-electron chi connectivity index (χ0n) is 8.39. The molecule has 0 aliphatic heterocycles. The normalized spacial score (nSPS) is 12.9. The van der Waals surface area contributed by atoms with Crippen LogP contribution in [0.5, 0.6) is 0 Å². The molecule has 1 atom stereocenters. The molecule has 0 aromatic heterocycles. The van der Waals surface area contributed by atoms with Crippen LogP contribution < -0.4 is 5.32 Å². The molecular formula is C11H16ClN. The predicted octanol–water partition coefficient (Wildman–Crippen LogP) is 3.32. The van der Waals surface area contributed by atoms with E-state index >= 15 is 0 Å². The van der Waals surface area contributed by atoms with Crippen molar-refractivity contribution in [3.05, 3.63) is 34.3 Å². The van der Waals surface area contributed by atoms with Gasteiger partial charge in [0.25, 0.3) is 0 Å². The van der Waals surface area contributed by atoms with Gasteiger partial charge in [0.05, 0.1) is 0 Å². The van der Waals surface area contributed by atoms with Crippen LogP contribution in [0, 0.1) is 6.92 Å². The summed E-state index contributed by atoms with van der Waals surface area (Å²) in [4.78, 5) is 0. The zero-order valence-corrected chi connectivity index (χ0v) is 9.15. The lowest BCUT2D eigenvalue weighted by molar-refractivity contribution is 0.577. The van der Waals surface area contributed by atoms with Crippen LogP contribution in [0.4, 0.5) is 0 Å². The highest BCUT2D eigenvalue weighted by molar-refractivity contribution is 6.32. The highest BCUT2D eigenvalue weighted by Gasteiger charge is 2.10. The third-order valence-electron chi connectivity index (χ3n) is 2.35. The van der Waals surface area contributed by atoms with Crippen molar-refractivity contribution in [3.8, 4) is 0 Å². The number of halogens is 1. The van der Waals surface area contributed by atoms with E-state index in [1.807, 2.05) is 20.0 Å². The SMILES string of the molecule is CCC(NC)c1cccc(C)c1Cl. The average molecular weight is 198 g/mol. The van der Waals surface area contributed by atoms with E-state index in [0.29, 0.717) is 6.04 Å². The highest BCUT2D eigenvalue weighted by atomic mass is 35.5. The van der Waals surface area contributed by atoms with Crippen molar-refractivity contribution < 1.29 is 0 Å². The van der Waals surface area contributed by atoms with Gasteiger partial charge in [0.1, 0.15) is 0 Å². The molecule has 0 radical (unpaired) electrons. The summed E-state index contributed by atoms with van der Waals surface area (Å²) >= 11 is 6.21. The molecule has 2 heteroatoms. The van der Waals surface area contributed by atoms with Crippen LogP contribution in [0.25, 0.3) is 0 Å². The van der Waals surface area contributed by atoms with E-state index in [0.717, 1.165) is 17.0 Å². The van der Waals surface area contributed by atoms with Gasteiger partial charge in [-0.25, -0.2) is 0 Å². The van der Waals surface area contributed by atoms with Gasteiger partial charge in [-0.2, -0.15) is 0 Å². The molecule has 0 aliphatic carbocycles. The summed E-state index contributed by atoms with van der Waals surface area (Å²) in [5.74, 6) is 0. The van der Waals surface area contributed by atoms with Gasteiger partial charge in [-0.15, -0.1) is 0 Å². The molecule has 0 aliphatic rings. The summed E-state index contributed by atoms with van der Waals surface area (Å²) in [6.45, 7) is 4.19. The maximum atomic E-state index is 6.21. The lowest BCUT2D eigenvalue weighted by Gasteiger charge is -2.16. The molecular weight excluding hydrogens is 182 g/mol. The van der Waals surface area contributed by atoms with Crippen LogP contribution in [0.3, 0.4) is 0 Å². The van der Waals surface area contributed by atoms with Gasteiger partial charge in [-0.05, 0) is 31.5 Å². The molecule has 1 unspecified atom stereocenters. The van der Waals surface area contributed by atoms with Gasteiger partial charge in [0, 0.05) is 11.1 Å². The van der Waals surface area contributed by atoms with E-state index in [1.165, 1.54) is 5.56 Å². The van der Waals surface area contributed by atoms with Crippen molar-refractivity contribution in [2.45, 2.75) is 26.3 Å². The Hall–Kier alpha value is -0.530. The Morgan fingerprint density at radius 2 is 2.15 bits per heavy atom. The van der Waals surface area contributed by atoms with Gasteiger partial charge >= 0.3 is 0 Å². The summed E-state index contributed by atoms with van der Waals surface area (Å²) in [6, 6.07) is 6.54. The Labute approximate surface area is 85.1 Å². The number of aryl methyl sites for hydroxylation is 1. The Balaban J connectivity index is 3.05. The summed E-state index contributed by atoms with van der Waals surface area (Å²) < 4.78 is 0. The highest BCUT2D eigenvalue weighted by Crippen LogP contribution is 2.27. The van der Waals surface area contributed by atoms with Gasteiger partial charge < -0.3 is 5.32 Å². The number of hydrogen-bond donors (Lipinski definition) is 1. The minimum absolute atomic E-state index is 0.368. The van der Waals surface area contributed by atoms with E-state index in [1.54, 1.807) is 0 Å². The topological polar surface area (TPSA) is 12.0 Å². The Kier molecular flexibility index (Phi) is 3.76. The lowest BCUT2D eigenvalue weighted by atomic mass is 10.0. The molecule has 1 rings (SSSR count). The fourth-order valence-corrected chi connectivity index (χ4v) is 1.78. The molecule has 1 nitrogen and oxygen atoms in total. The van der Waals surface area contributed by atoms with Crippen LogP contribution in [-0.4, -0.2) is 7.05 Å². The summed E-state index contributed by atoms with van der Waals surface area (Å²) in [7, 11) is 1.97. The van der Waals surface area contributed by atoms with Crippen molar-refractivity contribution in [1.29, 1.82) is 0 Å². The quantitative estimate of drug-likeness (QED) is 0.784. The van der Waals surface area contributed by atoms with E-state index in [2.05, 4.69) is 24.4 Å². The van der Waals surface area contributed by atoms with Crippen LogP contribution in [-0.2, 0) is 0 Å². The molecule has 0 saturated carbocycles. The second kappa shape index (κ2) is 4.64. The van der Waals surface area contributed by atoms with E-state index in [4.69, 9.17) is 11.6 Å². The van der Waals surface area contributed by atoms with Gasteiger partial charge in [0.2, 0.25) is 0 Å². The van der Waals surface area contributed by atoms with Crippen molar-refractivity contribution in [1.82, 2.24) is 5.32 Å². The summed E-state index contributed by atoms with van der Waals surface area (Å²) in [5.41, 5.74) is 2.35. The third kappa shape index (κ3) is 2.23. The predicted molar refractivity (Wildman–Crippen MR) is 58.3 cm³/mol. The third-order valence-corrected chi connectivity index (χ3v) is 2.87. The molecule has 0 saturated heterocycles. The standard InChI is InChI=1S/C11H16ClN/c1-4-10(13-3)9-7-5-6-8(2)11(9)12/h5-7,10,13H,4H2,1-3H3.